The highest BCUT2D eigenvalue weighted by atomic mass is 16.6. The maximum atomic E-state index is 12.8. The molecule has 2 aliphatic rings. The van der Waals surface area contributed by atoms with Gasteiger partial charge in [-0.2, -0.15) is 0 Å². The summed E-state index contributed by atoms with van der Waals surface area (Å²) in [6.07, 6.45) is 1.90. The molecule has 2 heterocycles. The summed E-state index contributed by atoms with van der Waals surface area (Å²) in [5.41, 5.74) is 2.56. The number of aryl methyl sites for hydroxylation is 1. The van der Waals surface area contributed by atoms with E-state index in [9.17, 15) is 14.4 Å². The molecule has 7 heteroatoms. The van der Waals surface area contributed by atoms with Crippen molar-refractivity contribution in [3.63, 3.8) is 0 Å². The molecule has 162 valence electrons. The summed E-state index contributed by atoms with van der Waals surface area (Å²) in [6, 6.07) is 17.2. The molecule has 0 unspecified atom stereocenters. The quantitative estimate of drug-likeness (QED) is 0.719. The van der Waals surface area contributed by atoms with Crippen LogP contribution in [0.2, 0.25) is 0 Å². The molecule has 2 saturated heterocycles. The highest BCUT2D eigenvalue weighted by molar-refractivity contribution is 5.96. The third-order valence-electron chi connectivity index (χ3n) is 5.81. The number of hydrogen-bond donors (Lipinski definition) is 0. The molecule has 0 atom stereocenters. The fraction of sp³-hybridized carbons (Fsp3) is 0.375. The van der Waals surface area contributed by atoms with Crippen LogP contribution in [0.4, 0.5) is 10.5 Å². The summed E-state index contributed by atoms with van der Waals surface area (Å²) < 4.78 is 4.95. The molecule has 0 aromatic heterocycles. The predicted molar refractivity (Wildman–Crippen MR) is 117 cm³/mol. The van der Waals surface area contributed by atoms with Gasteiger partial charge in [-0.05, 0) is 42.7 Å². The minimum Gasteiger partial charge on any atom is -0.447 e. The third-order valence-corrected chi connectivity index (χ3v) is 5.81. The Morgan fingerprint density at radius 1 is 0.839 bits per heavy atom. The minimum atomic E-state index is -0.358. The molecule has 4 rings (SSSR count). The highest BCUT2D eigenvalue weighted by Crippen LogP contribution is 2.20. The molecule has 2 fully saturated rings. The Bertz CT molecular complexity index is 922. The van der Waals surface area contributed by atoms with Gasteiger partial charge in [0.25, 0.3) is 5.91 Å². The van der Waals surface area contributed by atoms with Crippen molar-refractivity contribution >= 4 is 23.6 Å². The van der Waals surface area contributed by atoms with E-state index in [1.165, 1.54) is 5.56 Å². The lowest BCUT2D eigenvalue weighted by Gasteiger charge is -2.35. The van der Waals surface area contributed by atoms with Crippen molar-refractivity contribution < 1.29 is 19.1 Å². The first-order valence-electron chi connectivity index (χ1n) is 10.8. The number of anilines is 1. The monoisotopic (exact) mass is 421 g/mol. The minimum absolute atomic E-state index is 0.0493. The molecule has 2 aromatic rings. The number of rotatable bonds is 6. The number of hydrogen-bond acceptors (Lipinski definition) is 4. The molecular formula is C24H27N3O4. The second kappa shape index (κ2) is 9.64. The van der Waals surface area contributed by atoms with Gasteiger partial charge < -0.3 is 14.5 Å². The van der Waals surface area contributed by atoms with Gasteiger partial charge in [0, 0.05) is 43.9 Å². The Morgan fingerprint density at radius 2 is 1.52 bits per heavy atom. The van der Waals surface area contributed by atoms with Gasteiger partial charge in [0.1, 0.15) is 6.61 Å². The van der Waals surface area contributed by atoms with E-state index in [2.05, 4.69) is 12.1 Å². The van der Waals surface area contributed by atoms with E-state index in [1.54, 1.807) is 34.1 Å². The maximum absolute atomic E-state index is 12.8. The van der Waals surface area contributed by atoms with Crippen LogP contribution < -0.4 is 4.90 Å². The Morgan fingerprint density at radius 3 is 2.16 bits per heavy atom. The van der Waals surface area contributed by atoms with Crippen molar-refractivity contribution in [3.05, 3.63) is 65.7 Å². The molecule has 2 aliphatic heterocycles. The molecule has 0 radical (unpaired) electrons. The summed E-state index contributed by atoms with van der Waals surface area (Å²) >= 11 is 0. The number of benzene rings is 2. The number of piperazine rings is 1. The number of nitrogens with zero attached hydrogens (tertiary/aromatic N) is 3. The van der Waals surface area contributed by atoms with Crippen LogP contribution >= 0.6 is 0 Å². The van der Waals surface area contributed by atoms with Gasteiger partial charge in [-0.3, -0.25) is 14.5 Å². The molecule has 0 spiro atoms. The smallest absolute Gasteiger partial charge is 0.414 e. The summed E-state index contributed by atoms with van der Waals surface area (Å²) in [6.45, 7) is 3.09. The van der Waals surface area contributed by atoms with Crippen LogP contribution in [-0.2, 0) is 16.0 Å². The molecule has 0 N–H and O–H groups in total. The van der Waals surface area contributed by atoms with Crippen molar-refractivity contribution in [2.75, 3.05) is 44.2 Å². The van der Waals surface area contributed by atoms with E-state index in [0.29, 0.717) is 51.3 Å². The second-order valence-electron chi connectivity index (χ2n) is 7.83. The molecular weight excluding hydrogens is 394 g/mol. The Hall–Kier alpha value is -3.35. The number of carbonyl (C=O) groups excluding carboxylic acids is 3. The lowest BCUT2D eigenvalue weighted by atomic mass is 10.1. The standard InChI is InChI=1S/C24H27N3O4/c28-22(8-4-7-19-5-2-1-3-6-19)25-13-15-26(16-14-25)23(29)20-9-11-21(12-10-20)27-17-18-31-24(27)30/h1-3,5-6,9-12H,4,7-8,13-18H2. The topological polar surface area (TPSA) is 70.2 Å². The summed E-state index contributed by atoms with van der Waals surface area (Å²) in [4.78, 5) is 42.2. The zero-order chi connectivity index (χ0) is 21.6. The van der Waals surface area contributed by atoms with Crippen LogP contribution in [0, 0.1) is 0 Å². The molecule has 3 amide bonds. The number of amides is 3. The summed E-state index contributed by atoms with van der Waals surface area (Å²) in [5.74, 6) is 0.108. The van der Waals surface area contributed by atoms with E-state index in [4.69, 9.17) is 4.74 Å². The van der Waals surface area contributed by atoms with Crippen molar-refractivity contribution in [1.82, 2.24) is 9.80 Å². The molecule has 7 nitrogen and oxygen atoms in total. The Balaban J connectivity index is 1.24. The Kier molecular flexibility index (Phi) is 6.50. The van der Waals surface area contributed by atoms with Crippen LogP contribution in [0.1, 0.15) is 28.8 Å². The lowest BCUT2D eigenvalue weighted by molar-refractivity contribution is -0.132. The average Bonchev–Trinajstić information content (AvgIpc) is 3.25. The van der Waals surface area contributed by atoms with Crippen molar-refractivity contribution in [2.45, 2.75) is 19.3 Å². The SMILES string of the molecule is O=C(CCCc1ccccc1)N1CCN(C(=O)c2ccc(N3CCOC3=O)cc2)CC1. The third kappa shape index (κ3) is 5.05. The van der Waals surface area contributed by atoms with Gasteiger partial charge >= 0.3 is 6.09 Å². The largest absolute Gasteiger partial charge is 0.447 e. The van der Waals surface area contributed by atoms with E-state index in [-0.39, 0.29) is 17.9 Å². The van der Waals surface area contributed by atoms with Gasteiger partial charge in [-0.1, -0.05) is 30.3 Å². The van der Waals surface area contributed by atoms with E-state index in [0.717, 1.165) is 18.5 Å². The molecule has 0 aliphatic carbocycles. The first kappa shape index (κ1) is 20.9. The van der Waals surface area contributed by atoms with Gasteiger partial charge in [0.2, 0.25) is 5.91 Å². The zero-order valence-corrected chi connectivity index (χ0v) is 17.5. The van der Waals surface area contributed by atoms with E-state index < -0.39 is 0 Å². The van der Waals surface area contributed by atoms with Crippen LogP contribution in [0.5, 0.6) is 0 Å². The summed E-state index contributed by atoms with van der Waals surface area (Å²) in [5, 5.41) is 0. The highest BCUT2D eigenvalue weighted by Gasteiger charge is 2.26. The molecule has 2 aromatic carbocycles. The number of cyclic esters (lactones) is 1. The first-order chi connectivity index (χ1) is 15.1. The fourth-order valence-electron chi connectivity index (χ4n) is 4.00. The molecule has 0 bridgehead atoms. The summed E-state index contributed by atoms with van der Waals surface area (Å²) in [7, 11) is 0. The van der Waals surface area contributed by atoms with Crippen LogP contribution in [0.15, 0.2) is 54.6 Å². The van der Waals surface area contributed by atoms with Crippen molar-refractivity contribution in [2.24, 2.45) is 0 Å². The molecule has 31 heavy (non-hydrogen) atoms. The van der Waals surface area contributed by atoms with E-state index in [1.807, 2.05) is 23.1 Å². The number of ether oxygens (including phenoxy) is 1. The molecule has 0 saturated carbocycles. The van der Waals surface area contributed by atoms with Gasteiger partial charge in [0.05, 0.1) is 6.54 Å². The fourth-order valence-corrected chi connectivity index (χ4v) is 4.00. The van der Waals surface area contributed by atoms with Gasteiger partial charge in [-0.15, -0.1) is 0 Å². The number of carbonyl (C=O) groups is 3. The predicted octanol–water partition coefficient (Wildman–Crippen LogP) is 2.95. The maximum Gasteiger partial charge on any atom is 0.414 e. The van der Waals surface area contributed by atoms with E-state index >= 15 is 0 Å². The van der Waals surface area contributed by atoms with Crippen molar-refractivity contribution in [1.29, 1.82) is 0 Å². The van der Waals surface area contributed by atoms with Crippen LogP contribution in [0.3, 0.4) is 0 Å². The van der Waals surface area contributed by atoms with Crippen molar-refractivity contribution in [3.8, 4) is 0 Å². The average molecular weight is 421 g/mol. The van der Waals surface area contributed by atoms with Crippen LogP contribution in [0.25, 0.3) is 0 Å². The van der Waals surface area contributed by atoms with Gasteiger partial charge in [0.15, 0.2) is 0 Å². The Labute approximate surface area is 182 Å². The lowest BCUT2D eigenvalue weighted by Crippen LogP contribution is -2.50. The second-order valence-corrected chi connectivity index (χ2v) is 7.83. The first-order valence-corrected chi connectivity index (χ1v) is 10.8. The normalized spacial score (nSPS) is 16.4. The van der Waals surface area contributed by atoms with Gasteiger partial charge in [-0.25, -0.2) is 4.79 Å². The zero-order valence-electron chi connectivity index (χ0n) is 17.5. The van der Waals surface area contributed by atoms with Crippen LogP contribution in [-0.4, -0.2) is 67.0 Å².